The summed E-state index contributed by atoms with van der Waals surface area (Å²) >= 11 is 6.18. The van der Waals surface area contributed by atoms with E-state index < -0.39 is 0 Å². The molecule has 2 heterocycles. The lowest BCUT2D eigenvalue weighted by Crippen LogP contribution is -2.45. The average Bonchev–Trinajstić information content (AvgIpc) is 3.21. The lowest BCUT2D eigenvalue weighted by molar-refractivity contribution is -0.116. The van der Waals surface area contributed by atoms with Gasteiger partial charge in [0.25, 0.3) is 0 Å². The molecule has 0 radical (unpaired) electrons. The molecule has 1 N–H and O–H groups in total. The number of hydrogen-bond donors (Lipinski definition) is 1. The van der Waals surface area contributed by atoms with Crippen molar-refractivity contribution in [2.45, 2.75) is 6.54 Å². The average molecular weight is 414 g/mol. The van der Waals surface area contributed by atoms with Gasteiger partial charge in [0.15, 0.2) is 11.5 Å². The van der Waals surface area contributed by atoms with Crippen LogP contribution < -0.4 is 19.7 Å². The van der Waals surface area contributed by atoms with Gasteiger partial charge in [0.2, 0.25) is 12.7 Å². The van der Waals surface area contributed by atoms with Crippen LogP contribution in [0.2, 0.25) is 5.02 Å². The Kier molecular flexibility index (Phi) is 5.92. The van der Waals surface area contributed by atoms with Crippen molar-refractivity contribution < 1.29 is 14.3 Å². The van der Waals surface area contributed by atoms with Gasteiger partial charge in [-0.25, -0.2) is 0 Å². The molecule has 2 aliphatic rings. The lowest BCUT2D eigenvalue weighted by Gasteiger charge is -2.35. The number of fused-ring (bicyclic) bond motifs is 1. The van der Waals surface area contributed by atoms with Crippen LogP contribution >= 0.6 is 11.6 Å². The molecule has 2 aromatic rings. The van der Waals surface area contributed by atoms with Gasteiger partial charge in [-0.15, -0.1) is 0 Å². The summed E-state index contributed by atoms with van der Waals surface area (Å²) in [5, 5.41) is 3.45. The summed E-state index contributed by atoms with van der Waals surface area (Å²) in [7, 11) is 2.14. The number of carbonyl (C=O) groups is 1. The Bertz CT molecular complexity index is 924. The van der Waals surface area contributed by atoms with Gasteiger partial charge in [-0.1, -0.05) is 29.8 Å². The van der Waals surface area contributed by atoms with Crippen LogP contribution in [0.1, 0.15) is 11.1 Å². The second-order valence-corrected chi connectivity index (χ2v) is 7.61. The zero-order valence-electron chi connectivity index (χ0n) is 16.4. The molecular formula is C22H24ClN3O3. The Balaban J connectivity index is 1.38. The topological polar surface area (TPSA) is 54.0 Å². The van der Waals surface area contributed by atoms with Crippen molar-refractivity contribution in [2.24, 2.45) is 0 Å². The molecule has 0 saturated carbocycles. The fourth-order valence-corrected chi connectivity index (χ4v) is 3.79. The first-order valence-electron chi connectivity index (χ1n) is 9.66. The van der Waals surface area contributed by atoms with Crippen LogP contribution in [0.3, 0.4) is 0 Å². The molecule has 1 saturated heterocycles. The van der Waals surface area contributed by atoms with Crippen LogP contribution in [0.25, 0.3) is 6.08 Å². The zero-order chi connectivity index (χ0) is 20.2. The highest BCUT2D eigenvalue weighted by atomic mass is 35.5. The molecule has 2 aromatic carbocycles. The maximum atomic E-state index is 12.3. The SMILES string of the molecule is CN1CCN(c2ccccc2CNC(=O)/C=C/c2cc(Cl)c3c(c2)OCO3)CC1. The Labute approximate surface area is 175 Å². The van der Waals surface area contributed by atoms with Crippen LogP contribution in [-0.2, 0) is 11.3 Å². The number of amides is 1. The summed E-state index contributed by atoms with van der Waals surface area (Å²) in [6.07, 6.45) is 3.22. The lowest BCUT2D eigenvalue weighted by atomic mass is 10.1. The molecule has 0 unspecified atom stereocenters. The number of hydrogen-bond acceptors (Lipinski definition) is 5. The first-order chi connectivity index (χ1) is 14.1. The van der Waals surface area contributed by atoms with Crippen LogP contribution in [0, 0.1) is 0 Å². The van der Waals surface area contributed by atoms with Gasteiger partial charge in [0.1, 0.15) is 0 Å². The number of nitrogens with zero attached hydrogens (tertiary/aromatic N) is 2. The van der Waals surface area contributed by atoms with Crippen molar-refractivity contribution in [1.29, 1.82) is 0 Å². The van der Waals surface area contributed by atoms with E-state index in [4.69, 9.17) is 21.1 Å². The summed E-state index contributed by atoms with van der Waals surface area (Å²) in [6, 6.07) is 11.8. The number of rotatable bonds is 5. The molecule has 0 bridgehead atoms. The third-order valence-corrected chi connectivity index (χ3v) is 5.45. The molecule has 6 nitrogen and oxygen atoms in total. The van der Waals surface area contributed by atoms with Crippen molar-refractivity contribution >= 4 is 29.3 Å². The maximum Gasteiger partial charge on any atom is 0.244 e. The van der Waals surface area contributed by atoms with Crippen molar-refractivity contribution in [3.63, 3.8) is 0 Å². The molecule has 1 fully saturated rings. The van der Waals surface area contributed by atoms with Crippen molar-refractivity contribution in [1.82, 2.24) is 10.2 Å². The third kappa shape index (κ3) is 4.66. The smallest absolute Gasteiger partial charge is 0.244 e. The van der Waals surface area contributed by atoms with Crippen LogP contribution in [0.5, 0.6) is 11.5 Å². The number of nitrogens with one attached hydrogen (secondary N) is 1. The van der Waals surface area contributed by atoms with Gasteiger partial charge in [-0.05, 0) is 42.4 Å². The van der Waals surface area contributed by atoms with Crippen molar-refractivity contribution in [2.75, 3.05) is 44.9 Å². The fourth-order valence-electron chi connectivity index (χ4n) is 3.51. The van der Waals surface area contributed by atoms with Gasteiger partial charge in [-0.3, -0.25) is 4.79 Å². The quantitative estimate of drug-likeness (QED) is 0.763. The molecule has 7 heteroatoms. The van der Waals surface area contributed by atoms with E-state index in [1.165, 1.54) is 11.8 Å². The summed E-state index contributed by atoms with van der Waals surface area (Å²) < 4.78 is 10.7. The van der Waals surface area contributed by atoms with Gasteiger partial charge < -0.3 is 24.6 Å². The standard InChI is InChI=1S/C22H24ClN3O3/c1-25-8-10-26(11-9-25)19-5-3-2-4-17(19)14-24-21(27)7-6-16-12-18(23)22-20(13-16)28-15-29-22/h2-7,12-13H,8-11,14-15H2,1H3,(H,24,27)/b7-6+. The summed E-state index contributed by atoms with van der Waals surface area (Å²) in [5.41, 5.74) is 3.09. The Hall–Kier alpha value is -2.70. The minimum Gasteiger partial charge on any atom is -0.454 e. The molecule has 2 aliphatic heterocycles. The van der Waals surface area contributed by atoms with Crippen molar-refractivity contribution in [3.8, 4) is 11.5 Å². The summed E-state index contributed by atoms with van der Waals surface area (Å²) in [6.45, 7) is 4.71. The number of benzene rings is 2. The molecular weight excluding hydrogens is 390 g/mol. The Morgan fingerprint density at radius 2 is 1.97 bits per heavy atom. The molecule has 0 atom stereocenters. The van der Waals surface area contributed by atoms with Gasteiger partial charge in [-0.2, -0.15) is 0 Å². The number of anilines is 1. The number of piperazine rings is 1. The molecule has 0 spiro atoms. The van der Waals surface area contributed by atoms with Crippen molar-refractivity contribution in [3.05, 3.63) is 58.6 Å². The molecule has 0 aliphatic carbocycles. The van der Waals surface area contributed by atoms with E-state index >= 15 is 0 Å². The van der Waals surface area contributed by atoms with E-state index in [1.54, 1.807) is 18.2 Å². The summed E-state index contributed by atoms with van der Waals surface area (Å²) in [4.78, 5) is 17.0. The minimum absolute atomic E-state index is 0.160. The number of para-hydroxylation sites is 1. The van der Waals surface area contributed by atoms with E-state index in [1.807, 2.05) is 12.1 Å². The predicted octanol–water partition coefficient (Wildman–Crippen LogP) is 3.15. The monoisotopic (exact) mass is 413 g/mol. The normalized spacial score (nSPS) is 16.4. The number of ether oxygens (including phenoxy) is 2. The van der Waals surface area contributed by atoms with E-state index in [-0.39, 0.29) is 12.7 Å². The second kappa shape index (κ2) is 8.76. The third-order valence-electron chi connectivity index (χ3n) is 5.17. The van der Waals surface area contributed by atoms with Crippen LogP contribution in [0.15, 0.2) is 42.5 Å². The van der Waals surface area contributed by atoms with E-state index in [0.717, 1.165) is 37.3 Å². The second-order valence-electron chi connectivity index (χ2n) is 7.21. The largest absolute Gasteiger partial charge is 0.454 e. The minimum atomic E-state index is -0.160. The van der Waals surface area contributed by atoms with E-state index in [9.17, 15) is 4.79 Å². The number of halogens is 1. The van der Waals surface area contributed by atoms with Crippen LogP contribution in [-0.4, -0.2) is 50.8 Å². The van der Waals surface area contributed by atoms with Gasteiger partial charge in [0, 0.05) is 44.5 Å². The van der Waals surface area contributed by atoms with Gasteiger partial charge >= 0.3 is 0 Å². The Morgan fingerprint density at radius 3 is 2.79 bits per heavy atom. The highest BCUT2D eigenvalue weighted by molar-refractivity contribution is 6.32. The molecule has 1 amide bonds. The fraction of sp³-hybridized carbons (Fsp3) is 0.318. The van der Waals surface area contributed by atoms with Crippen LogP contribution in [0.4, 0.5) is 5.69 Å². The van der Waals surface area contributed by atoms with Gasteiger partial charge in [0.05, 0.1) is 5.02 Å². The highest BCUT2D eigenvalue weighted by Gasteiger charge is 2.18. The van der Waals surface area contributed by atoms with E-state index in [0.29, 0.717) is 23.1 Å². The molecule has 29 heavy (non-hydrogen) atoms. The highest BCUT2D eigenvalue weighted by Crippen LogP contribution is 2.40. The van der Waals surface area contributed by atoms with E-state index in [2.05, 4.69) is 34.3 Å². The first-order valence-corrected chi connectivity index (χ1v) is 10.0. The number of likely N-dealkylation sites (N-methyl/N-ethyl adjacent to an activating group) is 1. The first kappa shape index (κ1) is 19.6. The number of carbonyl (C=O) groups excluding carboxylic acids is 1. The Morgan fingerprint density at radius 1 is 1.17 bits per heavy atom. The molecule has 0 aromatic heterocycles. The maximum absolute atomic E-state index is 12.3. The zero-order valence-corrected chi connectivity index (χ0v) is 17.1. The molecule has 152 valence electrons. The summed E-state index contributed by atoms with van der Waals surface area (Å²) in [5.74, 6) is 0.986. The predicted molar refractivity (Wildman–Crippen MR) is 115 cm³/mol. The molecule has 4 rings (SSSR count).